The second-order valence-corrected chi connectivity index (χ2v) is 8.93. The molecule has 0 aliphatic heterocycles. The van der Waals surface area contributed by atoms with Gasteiger partial charge in [-0.1, -0.05) is 69.3 Å². The minimum atomic E-state index is -0.185. The maximum atomic E-state index is 12.3. The molecule has 3 N–H and O–H groups in total. The van der Waals surface area contributed by atoms with Gasteiger partial charge >= 0.3 is 0 Å². The number of benzene rings is 1. The quantitative estimate of drug-likeness (QED) is 0.600. The summed E-state index contributed by atoms with van der Waals surface area (Å²) in [4.78, 5) is 12.3. The van der Waals surface area contributed by atoms with Crippen LogP contribution in [0.15, 0.2) is 35.5 Å². The standard InChI is InChI=1S/C19H27N5OS/c1-18(2,3)16-22-23-17(24(16)20)26-12-15(25)21-13-19(10-7-11-19)14-8-5-4-6-9-14/h4-6,8-9H,7,10-13,20H2,1-3H3,(H,21,25). The summed E-state index contributed by atoms with van der Waals surface area (Å²) in [7, 11) is 0. The lowest BCUT2D eigenvalue weighted by Gasteiger charge is -2.42. The number of carbonyl (C=O) groups excluding carboxylic acids is 1. The van der Waals surface area contributed by atoms with Gasteiger partial charge in [-0.2, -0.15) is 0 Å². The van der Waals surface area contributed by atoms with Crippen LogP contribution in [0.3, 0.4) is 0 Å². The Balaban J connectivity index is 1.55. The van der Waals surface area contributed by atoms with E-state index in [1.165, 1.54) is 28.4 Å². The van der Waals surface area contributed by atoms with Crippen LogP contribution in [-0.2, 0) is 15.6 Å². The predicted octanol–water partition coefficient (Wildman–Crippen LogP) is 2.62. The van der Waals surface area contributed by atoms with E-state index < -0.39 is 0 Å². The average Bonchev–Trinajstić information content (AvgIpc) is 2.94. The highest BCUT2D eigenvalue weighted by molar-refractivity contribution is 7.99. The van der Waals surface area contributed by atoms with E-state index in [1.54, 1.807) is 0 Å². The molecule has 1 aromatic heterocycles. The van der Waals surface area contributed by atoms with Crippen LogP contribution in [0.5, 0.6) is 0 Å². The van der Waals surface area contributed by atoms with E-state index in [9.17, 15) is 4.79 Å². The van der Waals surface area contributed by atoms with E-state index >= 15 is 0 Å². The summed E-state index contributed by atoms with van der Waals surface area (Å²) >= 11 is 1.32. The SMILES string of the molecule is CC(C)(C)c1nnc(SCC(=O)NCC2(c3ccccc3)CCC2)n1N. The van der Waals surface area contributed by atoms with Gasteiger partial charge in [-0.05, 0) is 18.4 Å². The third-order valence-corrected chi connectivity index (χ3v) is 5.93. The van der Waals surface area contributed by atoms with Crippen molar-refractivity contribution in [3.63, 3.8) is 0 Å². The Morgan fingerprint density at radius 2 is 1.96 bits per heavy atom. The summed E-state index contributed by atoms with van der Waals surface area (Å²) in [5.74, 6) is 7.05. The molecule has 1 fully saturated rings. The molecular weight excluding hydrogens is 346 g/mol. The van der Waals surface area contributed by atoms with Crippen molar-refractivity contribution in [2.45, 2.75) is 56.0 Å². The van der Waals surface area contributed by atoms with Crippen molar-refractivity contribution < 1.29 is 4.79 Å². The van der Waals surface area contributed by atoms with Gasteiger partial charge < -0.3 is 11.2 Å². The molecule has 6 nitrogen and oxygen atoms in total. The third kappa shape index (κ3) is 3.87. The van der Waals surface area contributed by atoms with Crippen LogP contribution in [0, 0.1) is 0 Å². The van der Waals surface area contributed by atoms with E-state index in [-0.39, 0.29) is 22.5 Å². The number of thioether (sulfide) groups is 1. The van der Waals surface area contributed by atoms with Crippen LogP contribution in [0.4, 0.5) is 0 Å². The van der Waals surface area contributed by atoms with Crippen LogP contribution in [-0.4, -0.2) is 33.1 Å². The zero-order valence-corrected chi connectivity index (χ0v) is 16.5. The average molecular weight is 374 g/mol. The number of aromatic nitrogens is 3. The van der Waals surface area contributed by atoms with Crippen LogP contribution in [0.25, 0.3) is 0 Å². The highest BCUT2D eigenvalue weighted by atomic mass is 32.2. The first-order valence-electron chi connectivity index (χ1n) is 8.98. The zero-order chi connectivity index (χ0) is 18.8. The largest absolute Gasteiger partial charge is 0.354 e. The summed E-state index contributed by atoms with van der Waals surface area (Å²) in [5, 5.41) is 11.9. The van der Waals surface area contributed by atoms with Crippen LogP contribution in [0.1, 0.15) is 51.4 Å². The van der Waals surface area contributed by atoms with Gasteiger partial charge in [0.1, 0.15) is 0 Å². The molecule has 26 heavy (non-hydrogen) atoms. The fourth-order valence-electron chi connectivity index (χ4n) is 3.30. The molecule has 1 aliphatic rings. The van der Waals surface area contributed by atoms with Crippen molar-refractivity contribution in [2.75, 3.05) is 18.1 Å². The van der Waals surface area contributed by atoms with Crippen LogP contribution >= 0.6 is 11.8 Å². The number of hydrogen-bond donors (Lipinski definition) is 2. The second kappa shape index (κ2) is 7.31. The highest BCUT2D eigenvalue weighted by Crippen LogP contribution is 2.43. The summed E-state index contributed by atoms with van der Waals surface area (Å²) in [6.07, 6.45) is 3.46. The van der Waals surface area contributed by atoms with Crippen molar-refractivity contribution in [3.8, 4) is 0 Å². The normalized spacial score (nSPS) is 16.1. The Hall–Kier alpha value is -2.02. The predicted molar refractivity (Wildman–Crippen MR) is 105 cm³/mol. The van der Waals surface area contributed by atoms with Crippen LogP contribution in [0.2, 0.25) is 0 Å². The number of rotatable bonds is 6. The van der Waals surface area contributed by atoms with Gasteiger partial charge in [-0.15, -0.1) is 10.2 Å². The van der Waals surface area contributed by atoms with E-state index in [2.05, 4.69) is 39.8 Å². The molecule has 0 bridgehead atoms. The topological polar surface area (TPSA) is 85.8 Å². The molecular formula is C19H27N5OS. The van der Waals surface area contributed by atoms with Crippen molar-refractivity contribution >= 4 is 17.7 Å². The Bertz CT molecular complexity index is 762. The molecule has 7 heteroatoms. The van der Waals surface area contributed by atoms with Gasteiger partial charge in [0, 0.05) is 17.4 Å². The molecule has 0 radical (unpaired) electrons. The maximum absolute atomic E-state index is 12.3. The van der Waals surface area contributed by atoms with Crippen molar-refractivity contribution in [1.82, 2.24) is 20.2 Å². The third-order valence-electron chi connectivity index (χ3n) is 4.99. The smallest absolute Gasteiger partial charge is 0.230 e. The van der Waals surface area contributed by atoms with E-state index in [0.29, 0.717) is 17.5 Å². The molecule has 1 amide bonds. The van der Waals surface area contributed by atoms with Crippen LogP contribution < -0.4 is 11.2 Å². The molecule has 2 aromatic rings. The Kier molecular flexibility index (Phi) is 5.27. The maximum Gasteiger partial charge on any atom is 0.230 e. The zero-order valence-electron chi connectivity index (χ0n) is 15.7. The van der Waals surface area contributed by atoms with Gasteiger partial charge in [-0.25, -0.2) is 4.68 Å². The van der Waals surface area contributed by atoms with Gasteiger partial charge in [0.05, 0.1) is 5.75 Å². The van der Waals surface area contributed by atoms with Gasteiger partial charge in [0.15, 0.2) is 5.82 Å². The summed E-state index contributed by atoms with van der Waals surface area (Å²) in [6.45, 7) is 6.77. The number of nitrogens with one attached hydrogen (secondary N) is 1. The molecule has 0 saturated heterocycles. The molecule has 3 rings (SSSR count). The second-order valence-electron chi connectivity index (χ2n) is 7.99. The van der Waals surface area contributed by atoms with Crippen molar-refractivity contribution in [2.24, 2.45) is 0 Å². The first-order chi connectivity index (χ1) is 12.3. The Labute approximate surface area is 158 Å². The molecule has 1 saturated carbocycles. The molecule has 1 aliphatic carbocycles. The monoisotopic (exact) mass is 373 g/mol. The number of amides is 1. The molecule has 0 spiro atoms. The lowest BCUT2D eigenvalue weighted by atomic mass is 9.64. The van der Waals surface area contributed by atoms with E-state index in [4.69, 9.17) is 5.84 Å². The first kappa shape index (κ1) is 18.8. The van der Waals surface area contributed by atoms with E-state index in [1.807, 2.05) is 26.8 Å². The fraction of sp³-hybridized carbons (Fsp3) is 0.526. The highest BCUT2D eigenvalue weighted by Gasteiger charge is 2.38. The molecule has 1 aromatic carbocycles. The molecule has 0 unspecified atom stereocenters. The van der Waals surface area contributed by atoms with Gasteiger partial charge in [0.2, 0.25) is 11.1 Å². The Morgan fingerprint density at radius 1 is 1.27 bits per heavy atom. The minimum absolute atomic E-state index is 0.00230. The number of carbonyl (C=O) groups is 1. The molecule has 140 valence electrons. The molecule has 0 atom stereocenters. The summed E-state index contributed by atoms with van der Waals surface area (Å²) in [5.41, 5.74) is 1.22. The minimum Gasteiger partial charge on any atom is -0.354 e. The van der Waals surface area contributed by atoms with Gasteiger partial charge in [0.25, 0.3) is 0 Å². The molecule has 1 heterocycles. The lowest BCUT2D eigenvalue weighted by Crippen LogP contribution is -2.46. The van der Waals surface area contributed by atoms with Crippen molar-refractivity contribution in [1.29, 1.82) is 0 Å². The van der Waals surface area contributed by atoms with E-state index in [0.717, 1.165) is 12.8 Å². The Morgan fingerprint density at radius 3 is 2.50 bits per heavy atom. The summed E-state index contributed by atoms with van der Waals surface area (Å²) in [6, 6.07) is 10.5. The fourth-order valence-corrected chi connectivity index (χ4v) is 3.98. The van der Waals surface area contributed by atoms with Crippen molar-refractivity contribution in [3.05, 3.63) is 41.7 Å². The number of nitrogens with zero attached hydrogens (tertiary/aromatic N) is 3. The number of nitrogens with two attached hydrogens (primary N) is 1. The lowest BCUT2D eigenvalue weighted by molar-refractivity contribution is -0.119. The first-order valence-corrected chi connectivity index (χ1v) is 9.96. The summed E-state index contributed by atoms with van der Waals surface area (Å²) < 4.78 is 1.48. The van der Waals surface area contributed by atoms with Gasteiger partial charge in [-0.3, -0.25) is 4.79 Å². The number of hydrogen-bond acceptors (Lipinski definition) is 5. The number of nitrogen functional groups attached to an aromatic ring is 1.